The van der Waals surface area contributed by atoms with Crippen LogP contribution in [0.1, 0.15) is 10.4 Å². The summed E-state index contributed by atoms with van der Waals surface area (Å²) in [6.07, 6.45) is 0. The van der Waals surface area contributed by atoms with Gasteiger partial charge in [0.2, 0.25) is 6.86 Å². The molecule has 0 heterocycles. The molecule has 0 atom stereocenters. The monoisotopic (exact) mass is 322 g/mol. The number of carbonyl (C=O) groups is 2. The predicted octanol–water partition coefficient (Wildman–Crippen LogP) is 3.61. The van der Waals surface area contributed by atoms with E-state index in [2.05, 4.69) is 15.4 Å². The van der Waals surface area contributed by atoms with Crippen LogP contribution in [0.2, 0.25) is 5.02 Å². The largest absolute Gasteiger partial charge is 0.463 e. The van der Waals surface area contributed by atoms with Crippen LogP contribution in [0.5, 0.6) is 5.75 Å². The molecule has 0 bridgehead atoms. The number of anilines is 1. The van der Waals surface area contributed by atoms with E-state index in [1.165, 1.54) is 30.3 Å². The van der Waals surface area contributed by atoms with Gasteiger partial charge in [0.1, 0.15) is 5.75 Å². The minimum absolute atomic E-state index is 0.200. The molecule has 5 nitrogen and oxygen atoms in total. The zero-order chi connectivity index (χ0) is 15.9. The van der Waals surface area contributed by atoms with Gasteiger partial charge in [-0.3, -0.25) is 10.1 Å². The Morgan fingerprint density at radius 3 is 2.41 bits per heavy atom. The predicted molar refractivity (Wildman–Crippen MR) is 81.0 cm³/mol. The van der Waals surface area contributed by atoms with Gasteiger partial charge in [-0.25, -0.2) is 9.18 Å². The second-order valence-corrected chi connectivity index (χ2v) is 4.57. The Labute approximate surface area is 131 Å². The number of hydrogen-bond acceptors (Lipinski definition) is 3. The number of halogens is 2. The molecule has 0 radical (unpaired) electrons. The average molecular weight is 323 g/mol. The minimum atomic E-state index is -0.931. The van der Waals surface area contributed by atoms with Crippen LogP contribution in [0.15, 0.2) is 48.5 Å². The summed E-state index contributed by atoms with van der Waals surface area (Å²) in [5.41, 5.74) is 0.627. The Kier molecular flexibility index (Phi) is 5.32. The van der Waals surface area contributed by atoms with Gasteiger partial charge in [0.15, 0.2) is 0 Å². The van der Waals surface area contributed by atoms with Gasteiger partial charge in [-0.05, 0) is 36.4 Å². The van der Waals surface area contributed by atoms with Crippen LogP contribution >= 0.6 is 11.6 Å². The first kappa shape index (κ1) is 15.8. The molecule has 0 aromatic heterocycles. The molecular weight excluding hydrogens is 311 g/mol. The number of amides is 3. The zero-order valence-corrected chi connectivity index (χ0v) is 12.1. The fourth-order valence-electron chi connectivity index (χ4n) is 1.68. The number of hydrogen-bond donors (Lipinski definition) is 2. The van der Waals surface area contributed by atoms with Gasteiger partial charge in [0, 0.05) is 5.69 Å². The lowest BCUT2D eigenvalue weighted by Gasteiger charge is -2.08. The number of benzene rings is 2. The number of carbonyl (C=O) groups excluding carboxylic acids is 2. The maximum atomic E-state index is 12.0. The summed E-state index contributed by atoms with van der Waals surface area (Å²) in [6, 6.07) is 11.7. The lowest BCUT2D eigenvalue weighted by atomic mass is 10.2. The first-order valence-corrected chi connectivity index (χ1v) is 6.63. The number of nitrogens with one attached hydrogen (secondary N) is 2. The molecule has 0 unspecified atom stereocenters. The maximum absolute atomic E-state index is 12.0. The van der Waals surface area contributed by atoms with Crippen molar-refractivity contribution in [1.29, 1.82) is 0 Å². The highest BCUT2D eigenvalue weighted by molar-refractivity contribution is 6.34. The van der Waals surface area contributed by atoms with Crippen LogP contribution in [0, 0.1) is 0 Å². The van der Waals surface area contributed by atoms with Gasteiger partial charge in [0.05, 0.1) is 10.6 Å². The van der Waals surface area contributed by atoms with Crippen molar-refractivity contribution in [3.8, 4) is 5.75 Å². The Balaban J connectivity index is 1.95. The summed E-state index contributed by atoms with van der Waals surface area (Å²) in [6.45, 7) is -0.931. The highest BCUT2D eigenvalue weighted by Crippen LogP contribution is 2.16. The molecule has 2 aromatic carbocycles. The fraction of sp³-hybridized carbons (Fsp3) is 0.0667. The molecular formula is C15H12ClFN2O3. The molecule has 0 fully saturated rings. The van der Waals surface area contributed by atoms with Crippen molar-refractivity contribution in [2.45, 2.75) is 0 Å². The molecule has 2 rings (SSSR count). The van der Waals surface area contributed by atoms with Crippen LogP contribution in [-0.4, -0.2) is 18.8 Å². The Bertz CT molecular complexity index is 677. The van der Waals surface area contributed by atoms with E-state index in [1.807, 2.05) is 0 Å². The second kappa shape index (κ2) is 7.42. The fourth-order valence-corrected chi connectivity index (χ4v) is 1.90. The summed E-state index contributed by atoms with van der Waals surface area (Å²) in [7, 11) is 0. The third kappa shape index (κ3) is 4.20. The number of imide groups is 1. The molecule has 22 heavy (non-hydrogen) atoms. The highest BCUT2D eigenvalue weighted by Gasteiger charge is 2.13. The van der Waals surface area contributed by atoms with Crippen molar-refractivity contribution < 1.29 is 18.7 Å². The van der Waals surface area contributed by atoms with Crippen molar-refractivity contribution in [3.05, 3.63) is 59.1 Å². The van der Waals surface area contributed by atoms with Crippen LogP contribution in [0.25, 0.3) is 0 Å². The van der Waals surface area contributed by atoms with Gasteiger partial charge in [0.25, 0.3) is 5.91 Å². The number of rotatable bonds is 4. The van der Waals surface area contributed by atoms with Crippen molar-refractivity contribution >= 4 is 29.2 Å². The average Bonchev–Trinajstić information content (AvgIpc) is 2.50. The molecule has 2 aromatic rings. The topological polar surface area (TPSA) is 67.4 Å². The van der Waals surface area contributed by atoms with Crippen LogP contribution in [-0.2, 0) is 0 Å². The van der Waals surface area contributed by atoms with Crippen molar-refractivity contribution in [1.82, 2.24) is 5.32 Å². The van der Waals surface area contributed by atoms with E-state index in [4.69, 9.17) is 11.6 Å². The van der Waals surface area contributed by atoms with Gasteiger partial charge in [-0.15, -0.1) is 0 Å². The first-order valence-electron chi connectivity index (χ1n) is 6.26. The molecule has 0 aliphatic rings. The van der Waals surface area contributed by atoms with Crippen molar-refractivity contribution in [2.24, 2.45) is 0 Å². The minimum Gasteiger partial charge on any atom is -0.463 e. The molecule has 0 aliphatic heterocycles. The Hall–Kier alpha value is -2.60. The van der Waals surface area contributed by atoms with Crippen molar-refractivity contribution in [3.63, 3.8) is 0 Å². The Morgan fingerprint density at radius 1 is 1.09 bits per heavy atom. The molecule has 114 valence electrons. The highest BCUT2D eigenvalue weighted by atomic mass is 35.5. The van der Waals surface area contributed by atoms with E-state index in [0.717, 1.165) is 0 Å². The molecule has 7 heteroatoms. The van der Waals surface area contributed by atoms with E-state index in [1.54, 1.807) is 18.2 Å². The SMILES string of the molecule is O=C(NC(=O)c1ccccc1Cl)Nc1ccc(OCF)cc1. The third-order valence-corrected chi connectivity index (χ3v) is 3.01. The van der Waals surface area contributed by atoms with E-state index < -0.39 is 18.8 Å². The summed E-state index contributed by atoms with van der Waals surface area (Å²) < 4.78 is 16.6. The van der Waals surface area contributed by atoms with Crippen LogP contribution < -0.4 is 15.4 Å². The summed E-state index contributed by atoms with van der Waals surface area (Å²) in [4.78, 5) is 23.6. The molecule has 0 spiro atoms. The smallest absolute Gasteiger partial charge is 0.326 e. The third-order valence-electron chi connectivity index (χ3n) is 2.68. The lowest BCUT2D eigenvalue weighted by molar-refractivity contribution is 0.0967. The quantitative estimate of drug-likeness (QED) is 0.903. The van der Waals surface area contributed by atoms with Crippen LogP contribution in [0.3, 0.4) is 0 Å². The van der Waals surface area contributed by atoms with Gasteiger partial charge in [-0.1, -0.05) is 23.7 Å². The number of alkyl halides is 1. The van der Waals surface area contributed by atoms with Gasteiger partial charge in [-0.2, -0.15) is 0 Å². The molecule has 0 saturated heterocycles. The molecule has 0 saturated carbocycles. The first-order chi connectivity index (χ1) is 10.6. The van der Waals surface area contributed by atoms with E-state index in [0.29, 0.717) is 11.4 Å². The summed E-state index contributed by atoms with van der Waals surface area (Å²) in [5, 5.41) is 4.88. The lowest BCUT2D eigenvalue weighted by Crippen LogP contribution is -2.34. The van der Waals surface area contributed by atoms with E-state index >= 15 is 0 Å². The molecule has 3 amide bonds. The molecule has 0 aliphatic carbocycles. The second-order valence-electron chi connectivity index (χ2n) is 4.17. The van der Waals surface area contributed by atoms with E-state index in [-0.39, 0.29) is 10.6 Å². The summed E-state index contributed by atoms with van der Waals surface area (Å²) >= 11 is 5.87. The van der Waals surface area contributed by atoms with Crippen molar-refractivity contribution in [2.75, 3.05) is 12.2 Å². The number of urea groups is 1. The Morgan fingerprint density at radius 2 is 1.77 bits per heavy atom. The standard InChI is InChI=1S/C15H12ClFN2O3/c16-13-4-2-1-3-12(13)14(20)19-15(21)18-10-5-7-11(8-6-10)22-9-17/h1-8H,9H2,(H2,18,19,20,21). The zero-order valence-electron chi connectivity index (χ0n) is 11.3. The van der Waals surface area contributed by atoms with Gasteiger partial charge < -0.3 is 10.1 Å². The normalized spacial score (nSPS) is 9.91. The van der Waals surface area contributed by atoms with E-state index in [9.17, 15) is 14.0 Å². The van der Waals surface area contributed by atoms with Crippen LogP contribution in [0.4, 0.5) is 14.9 Å². The number of ether oxygens (including phenoxy) is 1. The van der Waals surface area contributed by atoms with Gasteiger partial charge >= 0.3 is 6.03 Å². The summed E-state index contributed by atoms with van der Waals surface area (Å²) in [5.74, 6) is -0.277. The maximum Gasteiger partial charge on any atom is 0.326 e. The molecule has 2 N–H and O–H groups in total.